The molecule has 0 aromatic heterocycles. The van der Waals surface area contributed by atoms with Crippen LogP contribution in [0, 0.1) is 23.7 Å². The molecule has 0 aromatic rings. The van der Waals surface area contributed by atoms with Crippen molar-refractivity contribution in [3.63, 3.8) is 0 Å². The number of fused-ring (bicyclic) bond motifs is 3. The molecule has 1 spiro atoms. The van der Waals surface area contributed by atoms with Crippen molar-refractivity contribution in [1.82, 2.24) is 0 Å². The smallest absolute Gasteiger partial charge is 0.316 e. The van der Waals surface area contributed by atoms with E-state index < -0.39 is 72.3 Å². The van der Waals surface area contributed by atoms with Gasteiger partial charge in [0.2, 0.25) is 0 Å². The first-order valence-electron chi connectivity index (χ1n) is 19.2. The Morgan fingerprint density at radius 2 is 1.77 bits per heavy atom. The highest BCUT2D eigenvalue weighted by Gasteiger charge is 2.54. The number of hydrogen-bond acceptors (Lipinski definition) is 11. The second-order valence-electron chi connectivity index (χ2n) is 16.2. The molecule has 15 unspecified atom stereocenters. The topological polar surface area (TPSA) is 150 Å². The number of Topliss-reactive ketones (excluding diaryl/α,β-unsaturated/α-hetero) is 1. The van der Waals surface area contributed by atoms with Gasteiger partial charge in [0.1, 0.15) is 23.7 Å². The summed E-state index contributed by atoms with van der Waals surface area (Å²) in [6.45, 7) is 15.4. The predicted molar refractivity (Wildman–Crippen MR) is 194 cm³/mol. The maximum absolute atomic E-state index is 14.1. The van der Waals surface area contributed by atoms with Crippen molar-refractivity contribution in [3.8, 4) is 0 Å². The Labute approximate surface area is 309 Å². The van der Waals surface area contributed by atoms with Crippen LogP contribution in [0.15, 0.2) is 47.1 Å². The Balaban J connectivity index is 1.54. The van der Waals surface area contributed by atoms with E-state index in [4.69, 9.17) is 28.4 Å². The van der Waals surface area contributed by atoms with E-state index >= 15 is 0 Å². The summed E-state index contributed by atoms with van der Waals surface area (Å²) in [7, 11) is 1.57. The molecule has 0 amide bonds. The first kappa shape index (κ1) is 41.0. The minimum absolute atomic E-state index is 0.105. The summed E-state index contributed by atoms with van der Waals surface area (Å²) in [6.07, 6.45) is 6.64. The van der Waals surface area contributed by atoms with Crippen LogP contribution < -0.4 is 0 Å². The van der Waals surface area contributed by atoms with E-state index in [0.29, 0.717) is 30.4 Å². The molecule has 15 atom stereocenters. The van der Waals surface area contributed by atoms with E-state index in [-0.39, 0.29) is 48.9 Å². The van der Waals surface area contributed by atoms with E-state index in [1.54, 1.807) is 34.0 Å². The van der Waals surface area contributed by atoms with Crippen LogP contribution in [0.4, 0.5) is 0 Å². The maximum Gasteiger partial charge on any atom is 0.316 e. The van der Waals surface area contributed by atoms with Gasteiger partial charge >= 0.3 is 5.97 Å². The molecule has 0 radical (unpaired) electrons. The van der Waals surface area contributed by atoms with Crippen molar-refractivity contribution in [3.05, 3.63) is 47.1 Å². The van der Waals surface area contributed by atoms with Gasteiger partial charge in [0.15, 0.2) is 17.9 Å². The van der Waals surface area contributed by atoms with E-state index in [9.17, 15) is 24.9 Å². The van der Waals surface area contributed by atoms with Crippen LogP contribution >= 0.6 is 0 Å². The largest absolute Gasteiger partial charge is 0.462 e. The van der Waals surface area contributed by atoms with E-state index in [1.165, 1.54) is 6.08 Å². The molecule has 5 rings (SSSR count). The third-order valence-corrected chi connectivity index (χ3v) is 12.3. The molecular formula is C41H62O11. The van der Waals surface area contributed by atoms with Gasteiger partial charge in [0.05, 0.1) is 36.6 Å². The van der Waals surface area contributed by atoms with E-state index in [2.05, 4.69) is 19.9 Å². The summed E-state index contributed by atoms with van der Waals surface area (Å²) in [5.41, 5.74) is 0.0132. The number of ether oxygens (including phenoxy) is 6. The molecule has 5 aliphatic rings. The maximum atomic E-state index is 14.1. The predicted octanol–water partition coefficient (Wildman–Crippen LogP) is 5.26. The summed E-state index contributed by atoms with van der Waals surface area (Å²) in [5.74, 6) is -3.25. The number of allylic oxidation sites excluding steroid dienone is 3. The Hall–Kier alpha value is -2.22. The lowest BCUT2D eigenvalue weighted by Gasteiger charge is -2.52. The zero-order chi connectivity index (χ0) is 38.1. The molecule has 52 heavy (non-hydrogen) atoms. The summed E-state index contributed by atoms with van der Waals surface area (Å²) < 4.78 is 38.2. The monoisotopic (exact) mass is 730 g/mol. The van der Waals surface area contributed by atoms with Crippen LogP contribution in [-0.4, -0.2) is 101 Å². The van der Waals surface area contributed by atoms with Crippen LogP contribution in [0.25, 0.3) is 0 Å². The fourth-order valence-corrected chi connectivity index (χ4v) is 8.61. The summed E-state index contributed by atoms with van der Waals surface area (Å²) in [4.78, 5) is 27.1. The molecule has 3 N–H and O–H groups in total. The number of ketones is 1. The number of aliphatic hydroxyl groups excluding tert-OH is 2. The van der Waals surface area contributed by atoms with Crippen molar-refractivity contribution in [2.45, 2.75) is 167 Å². The van der Waals surface area contributed by atoms with Crippen LogP contribution in [-0.2, 0) is 38.0 Å². The molecule has 292 valence electrons. The lowest BCUT2D eigenvalue weighted by Crippen LogP contribution is -2.59. The van der Waals surface area contributed by atoms with Crippen LogP contribution in [0.5, 0.6) is 0 Å². The Morgan fingerprint density at radius 1 is 1.04 bits per heavy atom. The lowest BCUT2D eigenvalue weighted by atomic mass is 9.72. The Kier molecular flexibility index (Phi) is 13.1. The fourth-order valence-electron chi connectivity index (χ4n) is 8.61. The van der Waals surface area contributed by atoms with Crippen molar-refractivity contribution in [2.75, 3.05) is 7.11 Å². The van der Waals surface area contributed by atoms with Gasteiger partial charge in [-0.1, -0.05) is 64.5 Å². The molecule has 0 saturated carbocycles. The van der Waals surface area contributed by atoms with Crippen molar-refractivity contribution >= 4 is 11.8 Å². The van der Waals surface area contributed by atoms with Gasteiger partial charge in [-0.05, 0) is 56.8 Å². The Morgan fingerprint density at radius 3 is 2.46 bits per heavy atom. The number of esters is 1. The highest BCUT2D eigenvalue weighted by atomic mass is 16.7. The average molecular weight is 731 g/mol. The molecule has 0 aromatic carbocycles. The number of rotatable bonds is 5. The van der Waals surface area contributed by atoms with Crippen molar-refractivity contribution in [2.24, 2.45) is 23.7 Å². The number of methoxy groups -OCH3 is 1. The normalized spacial score (nSPS) is 44.3. The van der Waals surface area contributed by atoms with E-state index in [0.717, 1.165) is 12.0 Å². The van der Waals surface area contributed by atoms with Gasteiger partial charge in [-0.25, -0.2) is 0 Å². The van der Waals surface area contributed by atoms with Crippen LogP contribution in [0.3, 0.4) is 0 Å². The molecular weight excluding hydrogens is 668 g/mol. The highest BCUT2D eigenvalue weighted by molar-refractivity contribution is 5.99. The SMILES string of the molecule is CCC(C)C1OC2(CC3CC(CC=C(C)C(OC4CC(OC)C(O)C(C)O4)C(C)C=CC=C(C)C4(O)CC(=O)C(C)=CC4C(=O)O3)O2)CC(O)C1C. The lowest BCUT2D eigenvalue weighted by molar-refractivity contribution is -0.354. The van der Waals surface area contributed by atoms with Gasteiger partial charge in [-0.15, -0.1) is 0 Å². The molecule has 4 aliphatic heterocycles. The quantitative estimate of drug-likeness (QED) is 0.251. The van der Waals surface area contributed by atoms with E-state index in [1.807, 2.05) is 32.9 Å². The highest BCUT2D eigenvalue weighted by Crippen LogP contribution is 2.46. The summed E-state index contributed by atoms with van der Waals surface area (Å²) >= 11 is 0. The van der Waals surface area contributed by atoms with Crippen molar-refractivity contribution in [1.29, 1.82) is 0 Å². The van der Waals surface area contributed by atoms with Gasteiger partial charge in [-0.3, -0.25) is 9.59 Å². The van der Waals surface area contributed by atoms with Gasteiger partial charge < -0.3 is 43.7 Å². The Bertz CT molecular complexity index is 1420. The van der Waals surface area contributed by atoms with Gasteiger partial charge in [-0.2, -0.15) is 0 Å². The first-order chi connectivity index (χ1) is 24.5. The van der Waals surface area contributed by atoms with Crippen molar-refractivity contribution < 1.29 is 53.3 Å². The average Bonchev–Trinajstić information content (AvgIpc) is 3.09. The first-order valence-corrected chi connectivity index (χ1v) is 19.2. The zero-order valence-corrected chi connectivity index (χ0v) is 32.4. The molecule has 2 bridgehead atoms. The summed E-state index contributed by atoms with van der Waals surface area (Å²) in [5, 5.41) is 34.0. The molecule has 3 fully saturated rings. The van der Waals surface area contributed by atoms with Gasteiger partial charge in [0.25, 0.3) is 0 Å². The number of hydrogen-bond donors (Lipinski definition) is 3. The second kappa shape index (κ2) is 16.7. The summed E-state index contributed by atoms with van der Waals surface area (Å²) in [6, 6.07) is 0. The second-order valence-corrected chi connectivity index (χ2v) is 16.2. The molecule has 1 aliphatic carbocycles. The molecule has 3 saturated heterocycles. The molecule has 11 nitrogen and oxygen atoms in total. The standard InChI is InChI=1S/C41H62O11/c1-10-22(2)38-27(7)33(43)20-40(52-38)19-30-17-29(51-40)15-14-24(4)37(50-35-18-34(47-9)36(44)28(8)48-35)23(3)12-11-13-26(6)41(46)21-32(42)25(5)16-31(41)39(45)49-30/h11-14,16,22-23,27-31,33-38,43-44,46H,10,15,17-21H2,1-9H3. The number of carbonyl (C=O) groups is 2. The number of aliphatic hydroxyl groups is 3. The zero-order valence-electron chi connectivity index (χ0n) is 32.4. The number of carbonyl (C=O) groups excluding carboxylic acids is 2. The minimum Gasteiger partial charge on any atom is -0.462 e. The third kappa shape index (κ3) is 8.68. The molecule has 4 heterocycles. The minimum atomic E-state index is -1.79. The fraction of sp³-hybridized carbons (Fsp3) is 0.756. The third-order valence-electron chi connectivity index (χ3n) is 12.3. The van der Waals surface area contributed by atoms with Crippen LogP contribution in [0.2, 0.25) is 0 Å². The van der Waals surface area contributed by atoms with Gasteiger partial charge in [0, 0.05) is 51.0 Å². The molecule has 11 heteroatoms. The van der Waals surface area contributed by atoms with Crippen LogP contribution in [0.1, 0.15) is 100 Å².